The Balaban J connectivity index is 0.000000199. The molecule has 3 aromatic heterocycles. The SMILES string of the molecule is O=C(c1c(O)c2ccccc2n(-c2ccccc2)c1=O)C(F)(F)F.[Eu].c1cnc2c(c1)ccc1cccnc12. The maximum atomic E-state index is 12.8. The van der Waals surface area contributed by atoms with Gasteiger partial charge in [0.25, 0.3) is 11.3 Å². The average molecular weight is 665 g/mol. The second-order valence-electron chi connectivity index (χ2n) is 8.26. The van der Waals surface area contributed by atoms with Crippen molar-refractivity contribution in [2.75, 3.05) is 0 Å². The van der Waals surface area contributed by atoms with Crippen LogP contribution in [-0.4, -0.2) is 31.6 Å². The van der Waals surface area contributed by atoms with Crippen molar-refractivity contribution >= 4 is 38.5 Å². The molecule has 0 bridgehead atoms. The summed E-state index contributed by atoms with van der Waals surface area (Å²) < 4.78 is 39.4. The summed E-state index contributed by atoms with van der Waals surface area (Å²) in [6.45, 7) is 0. The van der Waals surface area contributed by atoms with E-state index < -0.39 is 28.8 Å². The van der Waals surface area contributed by atoms with Gasteiger partial charge in [-0.2, -0.15) is 13.2 Å². The summed E-state index contributed by atoms with van der Waals surface area (Å²) in [6, 6.07) is 26.0. The molecule has 6 nitrogen and oxygen atoms in total. The Kier molecular flexibility index (Phi) is 8.59. The molecule has 0 atom stereocenters. The molecule has 6 aromatic rings. The first-order valence-corrected chi connectivity index (χ1v) is 11.4. The zero-order valence-corrected chi connectivity index (χ0v) is 22.4. The van der Waals surface area contributed by atoms with E-state index in [0.29, 0.717) is 0 Å². The van der Waals surface area contributed by atoms with Crippen molar-refractivity contribution in [3.8, 4) is 11.4 Å². The summed E-state index contributed by atoms with van der Waals surface area (Å²) in [4.78, 5) is 32.9. The van der Waals surface area contributed by atoms with E-state index in [0.717, 1.165) is 26.4 Å². The number of alkyl halides is 3. The van der Waals surface area contributed by atoms with E-state index in [1.54, 1.807) is 36.7 Å². The zero-order valence-electron chi connectivity index (χ0n) is 19.9. The van der Waals surface area contributed by atoms with Crippen LogP contribution in [0.25, 0.3) is 38.4 Å². The number of ketones is 1. The molecule has 0 amide bonds. The van der Waals surface area contributed by atoms with E-state index in [2.05, 4.69) is 34.2 Å². The average Bonchev–Trinajstić information content (AvgIpc) is 2.93. The number of rotatable bonds is 2. The normalized spacial score (nSPS) is 11.1. The first-order valence-electron chi connectivity index (χ1n) is 11.4. The van der Waals surface area contributed by atoms with Gasteiger partial charge in [-0.1, -0.05) is 54.6 Å². The number of carbonyl (C=O) groups is 1. The standard InChI is InChI=1S/C17H10F3NO3.C12H8N2.Eu/c18-17(19,20)15(23)13-14(22)11-8-4-5-9-12(11)21(16(13)24)10-6-2-1-3-7-10;1-3-9-5-6-10-4-2-8-14-12(10)11(9)13-7-1;/h1-9,22H;1-8H;. The molecule has 0 saturated carbocycles. The van der Waals surface area contributed by atoms with Crippen LogP contribution in [0.3, 0.4) is 0 Å². The topological polar surface area (TPSA) is 85.1 Å². The molecule has 0 saturated heterocycles. The fraction of sp³-hybridized carbons (Fsp3) is 0.0345. The fourth-order valence-corrected chi connectivity index (χ4v) is 4.19. The zero-order chi connectivity index (χ0) is 26.9. The predicted molar refractivity (Wildman–Crippen MR) is 139 cm³/mol. The summed E-state index contributed by atoms with van der Waals surface area (Å²) in [5, 5.41) is 12.4. The van der Waals surface area contributed by atoms with Gasteiger partial charge in [0.2, 0.25) is 0 Å². The summed E-state index contributed by atoms with van der Waals surface area (Å²) in [6.07, 6.45) is -1.67. The van der Waals surface area contributed by atoms with E-state index in [1.165, 1.54) is 30.3 Å². The molecule has 10 heteroatoms. The first-order chi connectivity index (χ1) is 18.3. The third kappa shape index (κ3) is 5.64. The van der Waals surface area contributed by atoms with Crippen LogP contribution >= 0.6 is 0 Å². The molecule has 0 aliphatic rings. The van der Waals surface area contributed by atoms with Gasteiger partial charge in [-0.25, -0.2) is 0 Å². The van der Waals surface area contributed by atoms with Crippen LogP contribution in [0.15, 0.2) is 108 Å². The second kappa shape index (κ2) is 11.7. The van der Waals surface area contributed by atoms with E-state index in [1.807, 2.05) is 12.1 Å². The molecular weight excluding hydrogens is 647 g/mol. The molecule has 1 N–H and O–H groups in total. The monoisotopic (exact) mass is 666 g/mol. The molecule has 0 unspecified atom stereocenters. The van der Waals surface area contributed by atoms with Crippen LogP contribution in [0, 0.1) is 49.4 Å². The Morgan fingerprint density at radius 2 is 1.28 bits per heavy atom. The quantitative estimate of drug-likeness (QED) is 0.175. The number of benzene rings is 3. The molecule has 0 aliphatic heterocycles. The molecule has 195 valence electrons. The molecule has 3 heterocycles. The summed E-state index contributed by atoms with van der Waals surface area (Å²) in [5.74, 6) is -3.34. The van der Waals surface area contributed by atoms with Crippen LogP contribution in [0.2, 0.25) is 0 Å². The second-order valence-corrected chi connectivity index (χ2v) is 8.26. The molecule has 0 aliphatic carbocycles. The van der Waals surface area contributed by atoms with Crippen molar-refractivity contribution in [2.24, 2.45) is 0 Å². The number of halogens is 3. The number of hydrogen-bond acceptors (Lipinski definition) is 5. The van der Waals surface area contributed by atoms with Crippen LogP contribution in [0.1, 0.15) is 10.4 Å². The smallest absolute Gasteiger partial charge is 0.455 e. The van der Waals surface area contributed by atoms with E-state index in [9.17, 15) is 27.9 Å². The van der Waals surface area contributed by atoms with Gasteiger partial charge in [0.1, 0.15) is 11.3 Å². The van der Waals surface area contributed by atoms with Gasteiger partial charge >= 0.3 is 6.18 Å². The Bertz CT molecular complexity index is 1820. The molecule has 6 rings (SSSR count). The van der Waals surface area contributed by atoms with Crippen molar-refractivity contribution in [3.05, 3.63) is 119 Å². The summed E-state index contributed by atoms with van der Waals surface area (Å²) in [5.41, 5.74) is -0.0687. The minimum absolute atomic E-state index is 0. The summed E-state index contributed by atoms with van der Waals surface area (Å²) in [7, 11) is 0. The van der Waals surface area contributed by atoms with Gasteiger partial charge in [0.05, 0.1) is 16.6 Å². The van der Waals surface area contributed by atoms with Gasteiger partial charge in [-0.3, -0.25) is 24.1 Å². The van der Waals surface area contributed by atoms with E-state index in [-0.39, 0.29) is 66.0 Å². The Morgan fingerprint density at radius 3 is 1.85 bits per heavy atom. The third-order valence-electron chi connectivity index (χ3n) is 5.90. The van der Waals surface area contributed by atoms with Crippen LogP contribution in [-0.2, 0) is 0 Å². The number of hydrogen-bond donors (Lipinski definition) is 1. The third-order valence-corrected chi connectivity index (χ3v) is 5.90. The van der Waals surface area contributed by atoms with Crippen LogP contribution in [0.4, 0.5) is 13.2 Å². The van der Waals surface area contributed by atoms with Crippen LogP contribution in [0.5, 0.6) is 5.75 Å². The van der Waals surface area contributed by atoms with Gasteiger partial charge in [0.15, 0.2) is 0 Å². The van der Waals surface area contributed by atoms with Gasteiger partial charge in [0, 0.05) is 83.6 Å². The van der Waals surface area contributed by atoms with Crippen molar-refractivity contribution in [1.29, 1.82) is 0 Å². The molecule has 1 radical (unpaired) electrons. The molecular formula is C29H18EuF3N3O3. The fourth-order valence-electron chi connectivity index (χ4n) is 4.19. The number of nitrogens with zero attached hydrogens (tertiary/aromatic N) is 3. The summed E-state index contributed by atoms with van der Waals surface area (Å²) >= 11 is 0. The Labute approximate surface area is 260 Å². The maximum absolute atomic E-state index is 12.8. The number of para-hydroxylation sites is 2. The number of aromatic nitrogens is 3. The van der Waals surface area contributed by atoms with Gasteiger partial charge in [-0.05, 0) is 36.4 Å². The molecule has 3 aromatic carbocycles. The van der Waals surface area contributed by atoms with Crippen molar-refractivity contribution in [1.82, 2.24) is 14.5 Å². The number of Topliss-reactive ketones (excluding diaryl/α,β-unsaturated/α-hetero) is 1. The van der Waals surface area contributed by atoms with E-state index in [4.69, 9.17) is 0 Å². The molecule has 39 heavy (non-hydrogen) atoms. The van der Waals surface area contributed by atoms with Crippen molar-refractivity contribution in [3.63, 3.8) is 0 Å². The van der Waals surface area contributed by atoms with Crippen molar-refractivity contribution < 1.29 is 72.4 Å². The van der Waals surface area contributed by atoms with Crippen molar-refractivity contribution in [2.45, 2.75) is 6.18 Å². The number of pyridine rings is 3. The first kappa shape index (κ1) is 28.5. The maximum Gasteiger partial charge on any atom is 0.455 e. The van der Waals surface area contributed by atoms with Crippen LogP contribution < -0.4 is 5.56 Å². The minimum Gasteiger partial charge on any atom is -0.506 e. The predicted octanol–water partition coefficient (Wildman–Crippen LogP) is 6.22. The number of fused-ring (bicyclic) bond motifs is 4. The largest absolute Gasteiger partial charge is 0.506 e. The van der Waals surface area contributed by atoms with Gasteiger partial charge < -0.3 is 5.11 Å². The Hall–Kier alpha value is -3.47. The molecule has 0 fully saturated rings. The number of aromatic hydroxyl groups is 1. The Morgan fingerprint density at radius 1 is 0.744 bits per heavy atom. The minimum atomic E-state index is -5.27. The molecule has 0 spiro atoms. The van der Waals surface area contributed by atoms with E-state index >= 15 is 0 Å². The number of carbonyl (C=O) groups excluding carboxylic acids is 1. The van der Waals surface area contributed by atoms with Gasteiger partial charge in [-0.15, -0.1) is 0 Å².